The highest BCUT2D eigenvalue weighted by Crippen LogP contribution is 2.57. The Morgan fingerprint density at radius 1 is 1.10 bits per heavy atom. The normalized spacial score (nSPS) is 31.1. The first kappa shape index (κ1) is 21.2. The predicted octanol–water partition coefficient (Wildman–Crippen LogP) is 5.35. The van der Waals surface area contributed by atoms with Crippen LogP contribution in [-0.2, 0) is 13.2 Å². The summed E-state index contributed by atoms with van der Waals surface area (Å²) in [4.78, 5) is 0. The average Bonchev–Trinajstić information content (AvgIpc) is 2.70. The van der Waals surface area contributed by atoms with Crippen LogP contribution in [0.4, 0.5) is 4.39 Å². The fourth-order valence-electron chi connectivity index (χ4n) is 6.46. The van der Waals surface area contributed by atoms with E-state index in [1.54, 1.807) is 19.2 Å². The Kier molecular flexibility index (Phi) is 5.51. The third-order valence-electron chi connectivity index (χ3n) is 7.28. The molecule has 4 nitrogen and oxygen atoms in total. The van der Waals surface area contributed by atoms with Gasteiger partial charge in [-0.25, -0.2) is 4.39 Å². The lowest BCUT2D eigenvalue weighted by Crippen LogP contribution is -2.64. The zero-order chi connectivity index (χ0) is 21.6. The van der Waals surface area contributed by atoms with Gasteiger partial charge >= 0.3 is 0 Å². The predicted molar refractivity (Wildman–Crippen MR) is 121 cm³/mol. The number of hydrogen-bond acceptors (Lipinski definition) is 4. The van der Waals surface area contributed by atoms with E-state index >= 15 is 0 Å². The average molecular weight is 490 g/mol. The van der Waals surface area contributed by atoms with Gasteiger partial charge in [0.05, 0.1) is 17.2 Å². The highest BCUT2D eigenvalue weighted by atomic mass is 79.9. The summed E-state index contributed by atoms with van der Waals surface area (Å²) in [6, 6.07) is 10.4. The Labute approximate surface area is 191 Å². The van der Waals surface area contributed by atoms with Crippen LogP contribution in [0.1, 0.15) is 49.7 Å². The summed E-state index contributed by atoms with van der Waals surface area (Å²) < 4.78 is 25.5. The molecule has 0 amide bonds. The molecule has 6 heteroatoms. The summed E-state index contributed by atoms with van der Waals surface area (Å²) in [5.74, 6) is 2.35. The first-order chi connectivity index (χ1) is 14.9. The van der Waals surface area contributed by atoms with Crippen LogP contribution in [0.2, 0.25) is 0 Å². The van der Waals surface area contributed by atoms with E-state index < -0.39 is 5.60 Å². The SMILES string of the molecule is COc1cc(CNC23CC4CC(CC(O)(C4)C2)C3)cc(Br)c1OCc1ccc(F)cc1. The van der Waals surface area contributed by atoms with E-state index in [1.807, 2.05) is 6.07 Å². The maximum atomic E-state index is 13.1. The molecule has 4 aliphatic carbocycles. The van der Waals surface area contributed by atoms with Gasteiger partial charge in [0.1, 0.15) is 12.4 Å². The summed E-state index contributed by atoms with van der Waals surface area (Å²) in [5, 5.41) is 14.8. The van der Waals surface area contributed by atoms with Crippen molar-refractivity contribution in [3.05, 3.63) is 57.8 Å². The summed E-state index contributed by atoms with van der Waals surface area (Å²) in [6.45, 7) is 1.06. The highest BCUT2D eigenvalue weighted by molar-refractivity contribution is 9.10. The van der Waals surface area contributed by atoms with Gasteiger partial charge in [-0.3, -0.25) is 0 Å². The van der Waals surface area contributed by atoms with Crippen LogP contribution in [0.5, 0.6) is 11.5 Å². The largest absolute Gasteiger partial charge is 0.493 e. The lowest BCUT2D eigenvalue weighted by molar-refractivity contribution is -0.142. The van der Waals surface area contributed by atoms with Crippen molar-refractivity contribution < 1.29 is 19.0 Å². The minimum atomic E-state index is -0.465. The fourth-order valence-corrected chi connectivity index (χ4v) is 7.07. The van der Waals surface area contributed by atoms with Crippen molar-refractivity contribution in [2.75, 3.05) is 7.11 Å². The van der Waals surface area contributed by atoms with Crippen molar-refractivity contribution >= 4 is 15.9 Å². The summed E-state index contributed by atoms with van der Waals surface area (Å²) >= 11 is 3.63. The molecule has 0 aliphatic heterocycles. The lowest BCUT2D eigenvalue weighted by Gasteiger charge is -2.60. The van der Waals surface area contributed by atoms with Gasteiger partial charge in [0.2, 0.25) is 0 Å². The quantitative estimate of drug-likeness (QED) is 0.550. The van der Waals surface area contributed by atoms with Crippen LogP contribution in [0.3, 0.4) is 0 Å². The second-order valence-corrected chi connectivity index (χ2v) is 10.7. The molecule has 0 heterocycles. The molecule has 31 heavy (non-hydrogen) atoms. The molecule has 6 rings (SSSR count). The Hall–Kier alpha value is -1.63. The molecule has 2 N–H and O–H groups in total. The van der Waals surface area contributed by atoms with Gasteiger partial charge < -0.3 is 19.9 Å². The molecule has 4 saturated carbocycles. The minimum absolute atomic E-state index is 0.0519. The van der Waals surface area contributed by atoms with Crippen LogP contribution in [0.25, 0.3) is 0 Å². The molecule has 0 radical (unpaired) electrons. The van der Waals surface area contributed by atoms with Gasteiger partial charge in [-0.1, -0.05) is 12.1 Å². The van der Waals surface area contributed by atoms with Gasteiger partial charge in [0, 0.05) is 12.1 Å². The second kappa shape index (κ2) is 8.05. The van der Waals surface area contributed by atoms with Crippen molar-refractivity contribution in [3.8, 4) is 11.5 Å². The summed E-state index contributed by atoms with van der Waals surface area (Å²) in [6.07, 6.45) is 6.44. The zero-order valence-electron chi connectivity index (χ0n) is 17.8. The van der Waals surface area contributed by atoms with Crippen molar-refractivity contribution in [2.45, 2.75) is 62.8 Å². The Morgan fingerprint density at radius 2 is 1.81 bits per heavy atom. The van der Waals surface area contributed by atoms with E-state index in [2.05, 4.69) is 27.3 Å². The molecule has 2 aromatic rings. The molecule has 0 spiro atoms. The monoisotopic (exact) mass is 489 g/mol. The van der Waals surface area contributed by atoms with Crippen LogP contribution in [0, 0.1) is 17.7 Å². The van der Waals surface area contributed by atoms with E-state index in [1.165, 1.54) is 31.4 Å². The third-order valence-corrected chi connectivity index (χ3v) is 7.87. The maximum Gasteiger partial charge on any atom is 0.175 e. The number of nitrogens with one attached hydrogen (secondary N) is 1. The van der Waals surface area contributed by atoms with E-state index in [0.717, 1.165) is 41.4 Å². The van der Waals surface area contributed by atoms with E-state index in [9.17, 15) is 9.50 Å². The van der Waals surface area contributed by atoms with Crippen LogP contribution < -0.4 is 14.8 Å². The molecule has 0 aromatic heterocycles. The molecule has 0 saturated heterocycles. The first-order valence-electron chi connectivity index (χ1n) is 11.1. The van der Waals surface area contributed by atoms with Gasteiger partial charge in [-0.2, -0.15) is 0 Å². The molecule has 2 atom stereocenters. The summed E-state index contributed by atoms with van der Waals surface area (Å²) in [5.41, 5.74) is 1.59. The Morgan fingerprint density at radius 3 is 2.45 bits per heavy atom. The Bertz CT molecular complexity index is 950. The van der Waals surface area contributed by atoms with Gasteiger partial charge in [-0.05, 0) is 102 Å². The summed E-state index contributed by atoms with van der Waals surface area (Å²) in [7, 11) is 1.64. The van der Waals surface area contributed by atoms with E-state index in [4.69, 9.17) is 9.47 Å². The second-order valence-electron chi connectivity index (χ2n) is 9.84. The number of aliphatic hydroxyl groups is 1. The third kappa shape index (κ3) is 4.35. The zero-order valence-corrected chi connectivity index (χ0v) is 19.4. The van der Waals surface area contributed by atoms with Crippen molar-refractivity contribution in [1.29, 1.82) is 0 Å². The molecule has 4 bridgehead atoms. The molecule has 4 fully saturated rings. The van der Waals surface area contributed by atoms with Crippen LogP contribution in [0.15, 0.2) is 40.9 Å². The van der Waals surface area contributed by atoms with Gasteiger partial charge in [-0.15, -0.1) is 0 Å². The highest BCUT2D eigenvalue weighted by Gasteiger charge is 2.56. The number of hydrogen-bond donors (Lipinski definition) is 2. The van der Waals surface area contributed by atoms with Gasteiger partial charge in [0.15, 0.2) is 11.5 Å². The smallest absolute Gasteiger partial charge is 0.175 e. The number of rotatable bonds is 7. The molecule has 166 valence electrons. The number of methoxy groups -OCH3 is 1. The van der Waals surface area contributed by atoms with Crippen molar-refractivity contribution in [2.24, 2.45) is 11.8 Å². The van der Waals surface area contributed by atoms with Crippen molar-refractivity contribution in [1.82, 2.24) is 5.32 Å². The van der Waals surface area contributed by atoms with Crippen LogP contribution in [-0.4, -0.2) is 23.4 Å². The number of halogens is 2. The number of benzene rings is 2. The minimum Gasteiger partial charge on any atom is -0.493 e. The standard InChI is InChI=1S/C25H29BrFNO3/c1-30-22-8-17(7-21(26)23(22)31-14-16-2-4-20(27)5-3-16)13-28-24-9-18-6-19(10-24)12-25(29,11-18)15-24/h2-5,7-8,18-19,28-29H,6,9-15H2,1H3. The fraction of sp³-hybridized carbons (Fsp3) is 0.520. The number of ether oxygens (including phenoxy) is 2. The first-order valence-corrected chi connectivity index (χ1v) is 11.9. The van der Waals surface area contributed by atoms with Gasteiger partial charge in [0.25, 0.3) is 0 Å². The van der Waals surface area contributed by atoms with Crippen molar-refractivity contribution in [3.63, 3.8) is 0 Å². The topological polar surface area (TPSA) is 50.7 Å². The molecule has 4 aliphatic rings. The maximum absolute atomic E-state index is 13.1. The molecular weight excluding hydrogens is 461 g/mol. The van der Waals surface area contributed by atoms with Crippen LogP contribution >= 0.6 is 15.9 Å². The lowest BCUT2D eigenvalue weighted by atomic mass is 9.51. The Balaban J connectivity index is 1.28. The molecular formula is C25H29BrFNO3. The van der Waals surface area contributed by atoms with E-state index in [0.29, 0.717) is 29.9 Å². The molecule has 2 aromatic carbocycles. The molecule has 2 unspecified atom stereocenters. The van der Waals surface area contributed by atoms with E-state index in [-0.39, 0.29) is 11.4 Å².